The second-order valence-electron chi connectivity index (χ2n) is 5.48. The quantitative estimate of drug-likeness (QED) is 0.892. The Morgan fingerprint density at radius 3 is 2.83 bits per heavy atom. The van der Waals surface area contributed by atoms with Crippen LogP contribution in [0.2, 0.25) is 0 Å². The first-order chi connectivity index (χ1) is 11.2. The van der Waals surface area contributed by atoms with Crippen molar-refractivity contribution >= 4 is 34.9 Å². The Labute approximate surface area is 142 Å². The van der Waals surface area contributed by atoms with E-state index in [1.165, 1.54) is 11.1 Å². The van der Waals surface area contributed by atoms with Gasteiger partial charge >= 0.3 is 0 Å². The average Bonchev–Trinajstić information content (AvgIpc) is 3.28. The molecule has 0 unspecified atom stereocenters. The second-order valence-corrected chi connectivity index (χ2v) is 7.07. The average molecular weight is 350 g/mol. The highest BCUT2D eigenvalue weighted by Gasteiger charge is 2.28. The molecule has 3 rings (SSSR count). The molecular formula is C15H18N4O2S2. The number of carbonyl (C=O) groups excluding carboxylic acids is 2. The van der Waals surface area contributed by atoms with Crippen LogP contribution in [0.1, 0.15) is 28.2 Å². The molecule has 1 fully saturated rings. The van der Waals surface area contributed by atoms with E-state index in [-0.39, 0.29) is 17.7 Å². The molecule has 1 aliphatic heterocycles. The Kier molecular flexibility index (Phi) is 5.35. The smallest absolute Gasteiger partial charge is 0.275 e. The van der Waals surface area contributed by atoms with Gasteiger partial charge < -0.3 is 10.2 Å². The number of hydrogen-bond acceptors (Lipinski definition) is 6. The molecule has 0 spiro atoms. The zero-order valence-corrected chi connectivity index (χ0v) is 14.2. The Balaban J connectivity index is 1.41. The third-order valence-electron chi connectivity index (χ3n) is 3.98. The van der Waals surface area contributed by atoms with Gasteiger partial charge in [-0.1, -0.05) is 6.07 Å². The lowest BCUT2D eigenvalue weighted by Gasteiger charge is -2.30. The molecule has 1 N–H and O–H groups in total. The molecule has 23 heavy (non-hydrogen) atoms. The molecule has 8 heteroatoms. The maximum Gasteiger partial charge on any atom is 0.275 e. The van der Waals surface area contributed by atoms with Crippen LogP contribution in [0.3, 0.4) is 0 Å². The maximum absolute atomic E-state index is 12.2. The molecule has 0 aliphatic carbocycles. The van der Waals surface area contributed by atoms with Crippen LogP contribution in [0.5, 0.6) is 0 Å². The van der Waals surface area contributed by atoms with Crippen LogP contribution < -0.4 is 5.32 Å². The summed E-state index contributed by atoms with van der Waals surface area (Å²) in [5, 5.41) is 5.05. The number of likely N-dealkylation sites (tertiary alicyclic amines) is 1. The predicted octanol–water partition coefficient (Wildman–Crippen LogP) is 1.81. The SMILES string of the molecule is O=C(NCCc1cccs1)C1CCN(C(=O)c2cnsn2)CC1. The molecule has 6 nitrogen and oxygen atoms in total. The minimum Gasteiger partial charge on any atom is -0.355 e. The van der Waals surface area contributed by atoms with Crippen molar-refractivity contribution in [2.45, 2.75) is 19.3 Å². The monoisotopic (exact) mass is 350 g/mol. The van der Waals surface area contributed by atoms with Gasteiger partial charge in [-0.05, 0) is 30.7 Å². The first-order valence-corrected chi connectivity index (χ1v) is 9.22. The Bertz CT molecular complexity index is 635. The van der Waals surface area contributed by atoms with Crippen molar-refractivity contribution < 1.29 is 9.59 Å². The van der Waals surface area contributed by atoms with E-state index < -0.39 is 0 Å². The number of amides is 2. The summed E-state index contributed by atoms with van der Waals surface area (Å²) in [6.07, 6.45) is 3.77. The summed E-state index contributed by atoms with van der Waals surface area (Å²) in [6, 6.07) is 4.10. The molecule has 0 radical (unpaired) electrons. The Morgan fingerprint density at radius 2 is 2.17 bits per heavy atom. The Hall–Kier alpha value is -1.80. The molecule has 2 aromatic rings. The van der Waals surface area contributed by atoms with Gasteiger partial charge in [0.2, 0.25) is 5.91 Å². The molecule has 0 atom stereocenters. The third-order valence-corrected chi connectivity index (χ3v) is 5.40. The second kappa shape index (κ2) is 7.65. The fourth-order valence-electron chi connectivity index (χ4n) is 2.67. The lowest BCUT2D eigenvalue weighted by Crippen LogP contribution is -2.43. The van der Waals surface area contributed by atoms with Gasteiger partial charge in [0.25, 0.3) is 5.91 Å². The lowest BCUT2D eigenvalue weighted by molar-refractivity contribution is -0.126. The van der Waals surface area contributed by atoms with Crippen molar-refractivity contribution in [3.05, 3.63) is 34.3 Å². The largest absolute Gasteiger partial charge is 0.355 e. The lowest BCUT2D eigenvalue weighted by atomic mass is 9.95. The number of thiophene rings is 1. The van der Waals surface area contributed by atoms with E-state index in [1.807, 2.05) is 11.4 Å². The van der Waals surface area contributed by atoms with Crippen LogP contribution in [0.15, 0.2) is 23.7 Å². The zero-order chi connectivity index (χ0) is 16.1. The van der Waals surface area contributed by atoms with Gasteiger partial charge in [0.05, 0.1) is 17.9 Å². The van der Waals surface area contributed by atoms with Gasteiger partial charge in [0.1, 0.15) is 0 Å². The Morgan fingerprint density at radius 1 is 1.35 bits per heavy atom. The predicted molar refractivity (Wildman–Crippen MR) is 89.6 cm³/mol. The molecule has 1 aliphatic rings. The van der Waals surface area contributed by atoms with Crippen LogP contribution in [0, 0.1) is 5.92 Å². The highest BCUT2D eigenvalue weighted by atomic mass is 32.1. The molecular weight excluding hydrogens is 332 g/mol. The standard InChI is InChI=1S/C15H18N4O2S2/c20-14(16-6-3-12-2-1-9-22-12)11-4-7-19(8-5-11)15(21)13-10-17-23-18-13/h1-2,9-11H,3-8H2,(H,16,20). The highest BCUT2D eigenvalue weighted by Crippen LogP contribution is 2.19. The topological polar surface area (TPSA) is 75.2 Å². The van der Waals surface area contributed by atoms with Crippen molar-refractivity contribution in [2.24, 2.45) is 5.92 Å². The van der Waals surface area contributed by atoms with Gasteiger partial charge in [-0.25, -0.2) is 0 Å². The van der Waals surface area contributed by atoms with E-state index in [9.17, 15) is 9.59 Å². The van der Waals surface area contributed by atoms with E-state index in [4.69, 9.17) is 0 Å². The summed E-state index contributed by atoms with van der Waals surface area (Å²) in [6.45, 7) is 1.86. The number of nitrogens with zero attached hydrogens (tertiary/aromatic N) is 3. The third kappa shape index (κ3) is 4.14. The zero-order valence-electron chi connectivity index (χ0n) is 12.6. The summed E-state index contributed by atoms with van der Waals surface area (Å²) < 4.78 is 7.83. The first-order valence-electron chi connectivity index (χ1n) is 7.61. The van der Waals surface area contributed by atoms with Crippen LogP contribution in [-0.4, -0.2) is 45.1 Å². The summed E-state index contributed by atoms with van der Waals surface area (Å²) in [5.41, 5.74) is 0.397. The molecule has 2 amide bonds. The molecule has 0 saturated carbocycles. The number of hydrogen-bond donors (Lipinski definition) is 1. The fourth-order valence-corrected chi connectivity index (χ4v) is 3.79. The van der Waals surface area contributed by atoms with Crippen LogP contribution in [0.4, 0.5) is 0 Å². The van der Waals surface area contributed by atoms with E-state index in [0.717, 1.165) is 18.1 Å². The molecule has 3 heterocycles. The van der Waals surface area contributed by atoms with Gasteiger partial charge in [-0.2, -0.15) is 8.75 Å². The highest BCUT2D eigenvalue weighted by molar-refractivity contribution is 7.09. The van der Waals surface area contributed by atoms with E-state index >= 15 is 0 Å². The van der Waals surface area contributed by atoms with E-state index in [1.54, 1.807) is 16.2 Å². The van der Waals surface area contributed by atoms with Gasteiger partial charge in [-0.3, -0.25) is 9.59 Å². The van der Waals surface area contributed by atoms with Crippen molar-refractivity contribution in [1.82, 2.24) is 19.0 Å². The van der Waals surface area contributed by atoms with Crippen LogP contribution in [0.25, 0.3) is 0 Å². The van der Waals surface area contributed by atoms with E-state index in [0.29, 0.717) is 38.2 Å². The van der Waals surface area contributed by atoms with Gasteiger partial charge in [-0.15, -0.1) is 11.3 Å². The first kappa shape index (κ1) is 16.1. The molecule has 1 saturated heterocycles. The summed E-state index contributed by atoms with van der Waals surface area (Å²) in [7, 11) is 0. The maximum atomic E-state index is 12.2. The van der Waals surface area contributed by atoms with Gasteiger partial charge in [0, 0.05) is 30.4 Å². The number of rotatable bonds is 5. The summed E-state index contributed by atoms with van der Waals surface area (Å²) in [5.74, 6) is 0.00947. The number of nitrogens with one attached hydrogen (secondary N) is 1. The number of piperidine rings is 1. The fraction of sp³-hybridized carbons (Fsp3) is 0.467. The molecule has 0 aromatic carbocycles. The van der Waals surface area contributed by atoms with Crippen molar-refractivity contribution in [3.8, 4) is 0 Å². The summed E-state index contributed by atoms with van der Waals surface area (Å²) >= 11 is 2.74. The van der Waals surface area contributed by atoms with Crippen LogP contribution in [-0.2, 0) is 11.2 Å². The minimum atomic E-state index is -0.0877. The molecule has 0 bridgehead atoms. The summed E-state index contributed by atoms with van der Waals surface area (Å²) in [4.78, 5) is 27.4. The minimum absolute atomic E-state index is 0.00375. The van der Waals surface area contributed by atoms with Gasteiger partial charge in [0.15, 0.2) is 5.69 Å². The number of aromatic nitrogens is 2. The van der Waals surface area contributed by atoms with Crippen molar-refractivity contribution in [1.29, 1.82) is 0 Å². The van der Waals surface area contributed by atoms with Crippen molar-refractivity contribution in [3.63, 3.8) is 0 Å². The van der Waals surface area contributed by atoms with Crippen LogP contribution >= 0.6 is 23.1 Å². The number of carbonyl (C=O) groups is 2. The van der Waals surface area contributed by atoms with E-state index in [2.05, 4.69) is 20.1 Å². The normalized spacial score (nSPS) is 15.6. The van der Waals surface area contributed by atoms with Crippen molar-refractivity contribution in [2.75, 3.05) is 19.6 Å². The molecule has 2 aromatic heterocycles. The molecule has 122 valence electrons.